The lowest BCUT2D eigenvalue weighted by molar-refractivity contribution is -0.132. The zero-order valence-corrected chi connectivity index (χ0v) is 16.7. The fourth-order valence-electron chi connectivity index (χ4n) is 4.34. The van der Waals surface area contributed by atoms with Crippen molar-refractivity contribution in [3.63, 3.8) is 0 Å². The molecule has 0 radical (unpaired) electrons. The third kappa shape index (κ3) is 4.76. The van der Waals surface area contributed by atoms with Crippen molar-refractivity contribution >= 4 is 17.2 Å². The molecule has 4 heterocycles. The molecular weight excluding hydrogens is 358 g/mol. The molecule has 1 amide bonds. The minimum Gasteiger partial charge on any atom is -0.342 e. The average Bonchev–Trinajstić information content (AvgIpc) is 3.45. The molecule has 0 aliphatic carbocycles. The van der Waals surface area contributed by atoms with Gasteiger partial charge in [0.05, 0.1) is 17.7 Å². The van der Waals surface area contributed by atoms with Crippen LogP contribution in [0.1, 0.15) is 56.0 Å². The summed E-state index contributed by atoms with van der Waals surface area (Å²) in [5.74, 6) is 1.74. The molecule has 7 heteroatoms. The summed E-state index contributed by atoms with van der Waals surface area (Å²) in [5.41, 5.74) is 2.94. The van der Waals surface area contributed by atoms with Crippen molar-refractivity contribution in [2.24, 2.45) is 0 Å². The summed E-state index contributed by atoms with van der Waals surface area (Å²) in [6, 6.07) is 0. The third-order valence-corrected chi connectivity index (χ3v) is 6.40. The zero-order chi connectivity index (χ0) is 18.5. The Bertz CT molecular complexity index is 723. The fourth-order valence-corrected chi connectivity index (χ4v) is 4.89. The topological polar surface area (TPSA) is 54.3 Å². The van der Waals surface area contributed by atoms with Crippen LogP contribution in [0.25, 0.3) is 0 Å². The van der Waals surface area contributed by atoms with Crippen LogP contribution >= 0.6 is 11.3 Å². The molecule has 0 spiro atoms. The maximum atomic E-state index is 12.7. The molecule has 146 valence electrons. The van der Waals surface area contributed by atoms with Crippen molar-refractivity contribution in [1.82, 2.24) is 24.3 Å². The smallest absolute Gasteiger partial charge is 0.222 e. The van der Waals surface area contributed by atoms with E-state index in [9.17, 15) is 4.79 Å². The van der Waals surface area contributed by atoms with Crippen LogP contribution in [-0.4, -0.2) is 63.0 Å². The Hall–Kier alpha value is -1.73. The Morgan fingerprint density at radius 3 is 2.89 bits per heavy atom. The Balaban J connectivity index is 1.31. The van der Waals surface area contributed by atoms with Gasteiger partial charge in [-0.25, -0.2) is 9.97 Å². The lowest BCUT2D eigenvalue weighted by Crippen LogP contribution is -2.40. The highest BCUT2D eigenvalue weighted by atomic mass is 32.1. The summed E-state index contributed by atoms with van der Waals surface area (Å²) in [4.78, 5) is 26.3. The summed E-state index contributed by atoms with van der Waals surface area (Å²) >= 11 is 1.62. The van der Waals surface area contributed by atoms with Gasteiger partial charge in [0.25, 0.3) is 0 Å². The molecule has 2 fully saturated rings. The number of likely N-dealkylation sites (tertiary alicyclic amines) is 2. The van der Waals surface area contributed by atoms with E-state index in [0.29, 0.717) is 18.2 Å². The van der Waals surface area contributed by atoms with Gasteiger partial charge in [0, 0.05) is 43.2 Å². The Morgan fingerprint density at radius 1 is 1.19 bits per heavy atom. The second kappa shape index (κ2) is 8.97. The van der Waals surface area contributed by atoms with E-state index in [-0.39, 0.29) is 0 Å². The predicted octanol–water partition coefficient (Wildman–Crippen LogP) is 2.97. The van der Waals surface area contributed by atoms with Crippen LogP contribution in [0.5, 0.6) is 0 Å². The molecule has 2 aromatic heterocycles. The van der Waals surface area contributed by atoms with Gasteiger partial charge >= 0.3 is 0 Å². The normalized spacial score (nSPS) is 21.0. The van der Waals surface area contributed by atoms with Crippen molar-refractivity contribution < 1.29 is 4.79 Å². The van der Waals surface area contributed by atoms with E-state index < -0.39 is 0 Å². The molecule has 2 saturated heterocycles. The summed E-state index contributed by atoms with van der Waals surface area (Å²) in [6.45, 7) is 5.95. The molecule has 0 unspecified atom stereocenters. The predicted molar refractivity (Wildman–Crippen MR) is 107 cm³/mol. The molecule has 0 bridgehead atoms. The number of nitrogens with zero attached hydrogens (tertiary/aromatic N) is 5. The highest BCUT2D eigenvalue weighted by Crippen LogP contribution is 2.27. The standard InChI is InChI=1S/C20H29N5OS/c26-19(6-4-10-23-8-1-2-9-23)24-11-3-5-17(13-24)20-21-7-12-25(20)14-18-15-27-16-22-18/h7,12,15-17H,1-6,8-11,13-14H2/t17-/m0/s1. The molecule has 2 aliphatic rings. The zero-order valence-electron chi connectivity index (χ0n) is 15.9. The van der Waals surface area contributed by atoms with Crippen LogP contribution in [-0.2, 0) is 11.3 Å². The molecule has 4 rings (SSSR count). The van der Waals surface area contributed by atoms with Crippen molar-refractivity contribution in [1.29, 1.82) is 0 Å². The van der Waals surface area contributed by atoms with Crippen molar-refractivity contribution in [2.45, 2.75) is 51.0 Å². The number of amides is 1. The van der Waals surface area contributed by atoms with Crippen LogP contribution < -0.4 is 0 Å². The molecule has 1 atom stereocenters. The highest BCUT2D eigenvalue weighted by Gasteiger charge is 2.27. The van der Waals surface area contributed by atoms with Crippen LogP contribution in [0.3, 0.4) is 0 Å². The SMILES string of the molecule is O=C(CCCN1CCCC1)N1CCC[C@H](c2nccn2Cc2cscn2)C1. The Labute approximate surface area is 165 Å². The molecule has 27 heavy (non-hydrogen) atoms. The molecule has 0 aromatic carbocycles. The van der Waals surface area contributed by atoms with Gasteiger partial charge in [-0.2, -0.15) is 0 Å². The first-order valence-corrected chi connectivity index (χ1v) is 11.1. The summed E-state index contributed by atoms with van der Waals surface area (Å²) in [6.07, 6.45) is 10.4. The second-order valence-corrected chi connectivity index (χ2v) is 8.44. The maximum absolute atomic E-state index is 12.7. The minimum atomic E-state index is 0.316. The number of hydrogen-bond acceptors (Lipinski definition) is 5. The fraction of sp³-hybridized carbons (Fsp3) is 0.650. The van der Waals surface area contributed by atoms with Gasteiger partial charge in [-0.1, -0.05) is 0 Å². The number of piperidine rings is 1. The quantitative estimate of drug-likeness (QED) is 0.733. The monoisotopic (exact) mass is 387 g/mol. The second-order valence-electron chi connectivity index (χ2n) is 7.72. The number of aromatic nitrogens is 3. The number of rotatable bonds is 7. The van der Waals surface area contributed by atoms with Gasteiger partial charge in [-0.05, 0) is 51.7 Å². The minimum absolute atomic E-state index is 0.316. The number of hydrogen-bond donors (Lipinski definition) is 0. The lowest BCUT2D eigenvalue weighted by Gasteiger charge is -2.33. The van der Waals surface area contributed by atoms with Gasteiger partial charge in [-0.15, -0.1) is 11.3 Å². The first kappa shape index (κ1) is 18.6. The van der Waals surface area contributed by atoms with Crippen LogP contribution in [0.2, 0.25) is 0 Å². The molecule has 2 aliphatic heterocycles. The molecular formula is C20H29N5OS. The van der Waals surface area contributed by atoms with E-state index in [1.165, 1.54) is 25.9 Å². The number of imidazole rings is 1. The highest BCUT2D eigenvalue weighted by molar-refractivity contribution is 7.07. The average molecular weight is 388 g/mol. The van der Waals surface area contributed by atoms with E-state index in [1.54, 1.807) is 11.3 Å². The van der Waals surface area contributed by atoms with Crippen molar-refractivity contribution in [2.75, 3.05) is 32.7 Å². The first-order valence-electron chi connectivity index (χ1n) is 10.2. The van der Waals surface area contributed by atoms with Crippen LogP contribution in [0.4, 0.5) is 0 Å². The molecule has 2 aromatic rings. The van der Waals surface area contributed by atoms with E-state index in [4.69, 9.17) is 0 Å². The number of carbonyl (C=O) groups is 1. The van der Waals surface area contributed by atoms with Gasteiger partial charge in [0.2, 0.25) is 5.91 Å². The Kier molecular flexibility index (Phi) is 6.19. The molecule has 0 N–H and O–H groups in total. The van der Waals surface area contributed by atoms with E-state index in [2.05, 4.69) is 29.7 Å². The maximum Gasteiger partial charge on any atom is 0.222 e. The summed E-state index contributed by atoms with van der Waals surface area (Å²) in [5, 5.41) is 2.08. The molecule has 6 nitrogen and oxygen atoms in total. The largest absolute Gasteiger partial charge is 0.342 e. The van der Waals surface area contributed by atoms with Crippen LogP contribution in [0.15, 0.2) is 23.3 Å². The van der Waals surface area contributed by atoms with E-state index >= 15 is 0 Å². The molecule has 0 saturated carbocycles. The van der Waals surface area contributed by atoms with Crippen molar-refractivity contribution in [3.05, 3.63) is 34.8 Å². The van der Waals surface area contributed by atoms with Crippen molar-refractivity contribution in [3.8, 4) is 0 Å². The van der Waals surface area contributed by atoms with Gasteiger partial charge in [-0.3, -0.25) is 4.79 Å². The van der Waals surface area contributed by atoms with Gasteiger partial charge < -0.3 is 14.4 Å². The number of thiazole rings is 1. The first-order chi connectivity index (χ1) is 13.3. The number of carbonyl (C=O) groups excluding carboxylic acids is 1. The van der Waals surface area contributed by atoms with E-state index in [1.807, 2.05) is 17.9 Å². The van der Waals surface area contributed by atoms with Gasteiger partial charge in [0.15, 0.2) is 0 Å². The Morgan fingerprint density at radius 2 is 2.07 bits per heavy atom. The summed E-state index contributed by atoms with van der Waals surface area (Å²) in [7, 11) is 0. The van der Waals surface area contributed by atoms with Gasteiger partial charge in [0.1, 0.15) is 5.82 Å². The summed E-state index contributed by atoms with van der Waals surface area (Å²) < 4.78 is 2.20. The van der Waals surface area contributed by atoms with E-state index in [0.717, 1.165) is 57.0 Å². The third-order valence-electron chi connectivity index (χ3n) is 5.77. The van der Waals surface area contributed by atoms with Crippen LogP contribution in [0, 0.1) is 0 Å². The lowest BCUT2D eigenvalue weighted by atomic mass is 9.96.